The number of piperidine rings is 1. The third-order valence-corrected chi connectivity index (χ3v) is 4.25. The molecule has 106 valence electrons. The van der Waals surface area contributed by atoms with Crippen molar-refractivity contribution < 1.29 is 4.39 Å². The summed E-state index contributed by atoms with van der Waals surface area (Å²) >= 11 is 3.50. The first-order chi connectivity index (χ1) is 9.72. The number of nitrogens with one attached hydrogen (secondary N) is 2. The number of H-pyrrole nitrogens is 1. The van der Waals surface area contributed by atoms with Gasteiger partial charge in [0.25, 0.3) is 0 Å². The molecule has 0 aliphatic carbocycles. The molecular weight excluding hydrogens is 321 g/mol. The zero-order valence-corrected chi connectivity index (χ0v) is 12.7. The predicted octanol–water partition coefficient (Wildman–Crippen LogP) is 3.66. The van der Waals surface area contributed by atoms with Crippen LogP contribution in [0.5, 0.6) is 0 Å². The second-order valence-corrected chi connectivity index (χ2v) is 6.00. The molecule has 20 heavy (non-hydrogen) atoms. The number of aromatic nitrogens is 2. The van der Waals surface area contributed by atoms with Gasteiger partial charge in [-0.3, -0.25) is 0 Å². The van der Waals surface area contributed by atoms with Gasteiger partial charge >= 0.3 is 0 Å². The van der Waals surface area contributed by atoms with Gasteiger partial charge in [0.2, 0.25) is 0 Å². The molecule has 0 spiro atoms. The van der Waals surface area contributed by atoms with Crippen molar-refractivity contribution in [3.8, 4) is 11.3 Å². The van der Waals surface area contributed by atoms with E-state index in [9.17, 15) is 4.39 Å². The molecule has 2 heterocycles. The van der Waals surface area contributed by atoms with E-state index in [1.165, 1.54) is 31.4 Å². The summed E-state index contributed by atoms with van der Waals surface area (Å²) in [6, 6.07) is 6.91. The average Bonchev–Trinajstić information content (AvgIpc) is 2.81. The van der Waals surface area contributed by atoms with E-state index in [2.05, 4.69) is 31.2 Å². The van der Waals surface area contributed by atoms with Crippen molar-refractivity contribution in [2.45, 2.75) is 31.7 Å². The van der Waals surface area contributed by atoms with Crippen molar-refractivity contribution >= 4 is 15.9 Å². The normalized spacial score (nSPS) is 19.2. The molecule has 1 saturated heterocycles. The largest absolute Gasteiger partial charge is 0.336 e. The SMILES string of the molecule is Fc1ccc(-c2nc(CC3CCCCN3)[nH]c2Br)cc1. The van der Waals surface area contributed by atoms with Crippen LogP contribution in [0.1, 0.15) is 25.1 Å². The lowest BCUT2D eigenvalue weighted by Crippen LogP contribution is -2.35. The Labute approximate surface area is 126 Å². The van der Waals surface area contributed by atoms with Crippen LogP contribution < -0.4 is 5.32 Å². The molecule has 1 aromatic heterocycles. The lowest BCUT2D eigenvalue weighted by atomic mass is 10.0. The maximum absolute atomic E-state index is 13.0. The molecule has 1 atom stereocenters. The zero-order chi connectivity index (χ0) is 13.9. The van der Waals surface area contributed by atoms with Crippen LogP contribution in [-0.2, 0) is 6.42 Å². The number of hydrogen-bond acceptors (Lipinski definition) is 2. The highest BCUT2D eigenvalue weighted by Gasteiger charge is 2.17. The average molecular weight is 338 g/mol. The molecule has 1 aliphatic rings. The van der Waals surface area contributed by atoms with E-state index in [0.717, 1.165) is 34.7 Å². The molecule has 2 N–H and O–H groups in total. The molecule has 2 aromatic rings. The molecule has 5 heteroatoms. The van der Waals surface area contributed by atoms with Gasteiger partial charge in [0, 0.05) is 18.0 Å². The van der Waals surface area contributed by atoms with E-state index in [4.69, 9.17) is 0 Å². The molecule has 3 rings (SSSR count). The second-order valence-electron chi connectivity index (χ2n) is 5.20. The zero-order valence-electron chi connectivity index (χ0n) is 11.1. The van der Waals surface area contributed by atoms with Crippen molar-refractivity contribution in [3.63, 3.8) is 0 Å². The number of halogens is 2. The Hall–Kier alpha value is -1.20. The van der Waals surface area contributed by atoms with E-state index in [1.807, 2.05) is 0 Å². The molecule has 1 aliphatic heterocycles. The Morgan fingerprint density at radius 2 is 2.05 bits per heavy atom. The van der Waals surface area contributed by atoms with Crippen molar-refractivity contribution in [1.29, 1.82) is 0 Å². The number of nitrogens with zero attached hydrogens (tertiary/aromatic N) is 1. The molecule has 0 amide bonds. The Bertz CT molecular complexity index is 573. The number of benzene rings is 1. The first-order valence-electron chi connectivity index (χ1n) is 6.96. The fraction of sp³-hybridized carbons (Fsp3) is 0.400. The summed E-state index contributed by atoms with van der Waals surface area (Å²) in [5.74, 6) is 0.739. The van der Waals surface area contributed by atoms with E-state index in [-0.39, 0.29) is 5.82 Å². The third kappa shape index (κ3) is 3.10. The third-order valence-electron chi connectivity index (χ3n) is 3.68. The molecule has 0 bridgehead atoms. The van der Waals surface area contributed by atoms with Crippen molar-refractivity contribution in [1.82, 2.24) is 15.3 Å². The highest BCUT2D eigenvalue weighted by molar-refractivity contribution is 9.10. The molecule has 1 unspecified atom stereocenters. The maximum Gasteiger partial charge on any atom is 0.123 e. The minimum atomic E-state index is -0.230. The molecular formula is C15H17BrFN3. The van der Waals surface area contributed by atoms with Crippen LogP contribution >= 0.6 is 15.9 Å². The summed E-state index contributed by atoms with van der Waals surface area (Å²) in [5.41, 5.74) is 1.76. The fourth-order valence-corrected chi connectivity index (χ4v) is 3.17. The van der Waals surface area contributed by atoms with Crippen LogP contribution in [-0.4, -0.2) is 22.6 Å². The summed E-state index contributed by atoms with van der Waals surface area (Å²) in [6.45, 7) is 1.09. The highest BCUT2D eigenvalue weighted by Crippen LogP contribution is 2.26. The predicted molar refractivity (Wildman–Crippen MR) is 81.0 cm³/mol. The van der Waals surface area contributed by atoms with Crippen molar-refractivity contribution in [2.24, 2.45) is 0 Å². The monoisotopic (exact) mass is 337 g/mol. The molecule has 1 aromatic carbocycles. The maximum atomic E-state index is 13.0. The first kappa shape index (κ1) is 13.8. The minimum Gasteiger partial charge on any atom is -0.336 e. The standard InChI is InChI=1S/C15H17BrFN3/c16-15-14(10-4-6-11(17)7-5-10)19-13(20-15)9-12-3-1-2-8-18-12/h4-7,12,18H,1-3,8-9H2,(H,19,20). The van der Waals surface area contributed by atoms with Gasteiger partial charge in [-0.2, -0.15) is 0 Å². The molecule has 3 nitrogen and oxygen atoms in total. The van der Waals surface area contributed by atoms with Gasteiger partial charge < -0.3 is 10.3 Å². The van der Waals surface area contributed by atoms with Crippen molar-refractivity contribution in [2.75, 3.05) is 6.54 Å². The van der Waals surface area contributed by atoms with Crippen molar-refractivity contribution in [3.05, 3.63) is 40.5 Å². The van der Waals surface area contributed by atoms with E-state index in [1.54, 1.807) is 12.1 Å². The van der Waals surface area contributed by atoms with Crippen LogP contribution in [0.4, 0.5) is 4.39 Å². The number of imidazole rings is 1. The Morgan fingerprint density at radius 3 is 2.75 bits per heavy atom. The lowest BCUT2D eigenvalue weighted by Gasteiger charge is -2.22. The number of hydrogen-bond donors (Lipinski definition) is 2. The van der Waals surface area contributed by atoms with Crippen LogP contribution in [0.25, 0.3) is 11.3 Å². The van der Waals surface area contributed by atoms with Crippen LogP contribution in [0.2, 0.25) is 0 Å². The first-order valence-corrected chi connectivity index (χ1v) is 7.75. The summed E-state index contributed by atoms with van der Waals surface area (Å²) in [4.78, 5) is 7.92. The van der Waals surface area contributed by atoms with Gasteiger partial charge in [0.1, 0.15) is 21.9 Å². The van der Waals surface area contributed by atoms with Gasteiger partial charge in [0.15, 0.2) is 0 Å². The van der Waals surface area contributed by atoms with Crippen LogP contribution in [0.3, 0.4) is 0 Å². The molecule has 1 fully saturated rings. The van der Waals surface area contributed by atoms with E-state index in [0.29, 0.717) is 6.04 Å². The Balaban J connectivity index is 1.78. The topological polar surface area (TPSA) is 40.7 Å². The summed E-state index contributed by atoms with van der Waals surface area (Å²) < 4.78 is 13.8. The Morgan fingerprint density at radius 1 is 1.25 bits per heavy atom. The summed E-state index contributed by atoms with van der Waals surface area (Å²) in [6.07, 6.45) is 4.65. The Kier molecular flexibility index (Phi) is 4.17. The summed E-state index contributed by atoms with van der Waals surface area (Å²) in [7, 11) is 0. The van der Waals surface area contributed by atoms with Gasteiger partial charge in [-0.1, -0.05) is 6.42 Å². The molecule has 0 radical (unpaired) electrons. The van der Waals surface area contributed by atoms with Gasteiger partial charge in [-0.15, -0.1) is 0 Å². The minimum absolute atomic E-state index is 0.230. The lowest BCUT2D eigenvalue weighted by molar-refractivity contribution is 0.395. The number of rotatable bonds is 3. The van der Waals surface area contributed by atoms with Gasteiger partial charge in [-0.25, -0.2) is 9.37 Å². The van der Waals surface area contributed by atoms with Gasteiger partial charge in [0.05, 0.1) is 0 Å². The van der Waals surface area contributed by atoms with Crippen LogP contribution in [0, 0.1) is 5.82 Å². The quantitative estimate of drug-likeness (QED) is 0.897. The van der Waals surface area contributed by atoms with E-state index >= 15 is 0 Å². The highest BCUT2D eigenvalue weighted by atomic mass is 79.9. The molecule has 0 saturated carbocycles. The van der Waals surface area contributed by atoms with Gasteiger partial charge in [-0.05, 0) is 59.6 Å². The summed E-state index contributed by atoms with van der Waals surface area (Å²) in [5, 5.41) is 3.52. The van der Waals surface area contributed by atoms with Crippen LogP contribution in [0.15, 0.2) is 28.9 Å². The second kappa shape index (κ2) is 6.06. The number of aromatic amines is 1. The smallest absolute Gasteiger partial charge is 0.123 e. The fourth-order valence-electron chi connectivity index (χ4n) is 2.63. The van der Waals surface area contributed by atoms with E-state index < -0.39 is 0 Å².